The Kier molecular flexibility index (Phi) is 6.14. The van der Waals surface area contributed by atoms with Gasteiger partial charge in [-0.05, 0) is 37.5 Å². The second kappa shape index (κ2) is 7.18. The summed E-state index contributed by atoms with van der Waals surface area (Å²) in [6, 6.07) is 5.16. The lowest BCUT2D eigenvalue weighted by Gasteiger charge is -2.25. The highest BCUT2D eigenvalue weighted by atomic mass is 35.5. The minimum atomic E-state index is -4.25. The van der Waals surface area contributed by atoms with Crippen LogP contribution in [-0.2, 0) is 6.42 Å². The van der Waals surface area contributed by atoms with E-state index >= 15 is 0 Å². The van der Waals surface area contributed by atoms with Crippen LogP contribution >= 0.6 is 11.6 Å². The summed E-state index contributed by atoms with van der Waals surface area (Å²) >= 11 is 6.11. The van der Waals surface area contributed by atoms with Crippen LogP contribution in [0.15, 0.2) is 18.2 Å². The Morgan fingerprint density at radius 1 is 1.30 bits per heavy atom. The van der Waals surface area contributed by atoms with E-state index in [1.54, 1.807) is 25.1 Å². The lowest BCUT2D eigenvalue weighted by molar-refractivity contribution is -0.119. The van der Waals surface area contributed by atoms with Gasteiger partial charge in [0.1, 0.15) is 6.54 Å². The molecular formula is C14H20ClF3N2. The average Bonchev–Trinajstić information content (AvgIpc) is 2.35. The summed E-state index contributed by atoms with van der Waals surface area (Å²) in [5.41, 5.74) is 7.20. The van der Waals surface area contributed by atoms with Gasteiger partial charge in [-0.25, -0.2) is 0 Å². The Morgan fingerprint density at radius 3 is 2.40 bits per heavy atom. The third-order valence-corrected chi connectivity index (χ3v) is 3.43. The third kappa shape index (κ3) is 5.21. The quantitative estimate of drug-likeness (QED) is 0.860. The zero-order valence-corrected chi connectivity index (χ0v) is 12.4. The smallest absolute Gasteiger partial charge is 0.362 e. The van der Waals surface area contributed by atoms with E-state index in [0.717, 1.165) is 12.0 Å². The molecule has 0 heterocycles. The molecular weight excluding hydrogens is 289 g/mol. The fourth-order valence-electron chi connectivity index (χ4n) is 1.96. The van der Waals surface area contributed by atoms with Gasteiger partial charge in [-0.15, -0.1) is 0 Å². The molecule has 1 aromatic carbocycles. The second-order valence-electron chi connectivity index (χ2n) is 4.79. The topological polar surface area (TPSA) is 29.3 Å². The highest BCUT2D eigenvalue weighted by molar-refractivity contribution is 6.33. The molecule has 114 valence electrons. The molecule has 0 saturated heterocycles. The van der Waals surface area contributed by atoms with Crippen molar-refractivity contribution in [1.82, 2.24) is 0 Å². The van der Waals surface area contributed by atoms with Crippen molar-refractivity contribution in [3.63, 3.8) is 0 Å². The zero-order chi connectivity index (χ0) is 15.3. The highest BCUT2D eigenvalue weighted by Gasteiger charge is 2.31. The number of anilines is 1. The van der Waals surface area contributed by atoms with E-state index in [1.807, 2.05) is 6.92 Å². The Balaban J connectivity index is 2.90. The van der Waals surface area contributed by atoms with Gasteiger partial charge in [0.2, 0.25) is 0 Å². The summed E-state index contributed by atoms with van der Waals surface area (Å²) < 4.78 is 37.5. The summed E-state index contributed by atoms with van der Waals surface area (Å²) in [6.45, 7) is 2.90. The summed E-state index contributed by atoms with van der Waals surface area (Å²) in [5, 5.41) is 0.330. The van der Waals surface area contributed by atoms with Crippen LogP contribution in [0.1, 0.15) is 25.8 Å². The number of rotatable bonds is 6. The van der Waals surface area contributed by atoms with Gasteiger partial charge in [0, 0.05) is 12.6 Å². The Bertz CT molecular complexity index is 435. The van der Waals surface area contributed by atoms with Crippen LogP contribution < -0.4 is 10.6 Å². The minimum absolute atomic E-state index is 0.0365. The average molecular weight is 309 g/mol. The molecule has 2 N–H and O–H groups in total. The van der Waals surface area contributed by atoms with Crippen LogP contribution in [-0.4, -0.2) is 25.3 Å². The van der Waals surface area contributed by atoms with Crippen LogP contribution in [0.5, 0.6) is 0 Å². The standard InChI is InChI=1S/C14H20ClF3N2/c1-3-11(19)7-10-5-6-13(12(15)8-10)20(4-2)9-14(16,17)18/h5-6,8,11H,3-4,7,9,19H2,1-2H3. The maximum absolute atomic E-state index is 12.5. The predicted molar refractivity (Wildman–Crippen MR) is 77.4 cm³/mol. The molecule has 0 fully saturated rings. The van der Waals surface area contributed by atoms with Crippen molar-refractivity contribution in [3.8, 4) is 0 Å². The molecule has 0 saturated carbocycles. The Morgan fingerprint density at radius 2 is 1.95 bits per heavy atom. The molecule has 6 heteroatoms. The van der Waals surface area contributed by atoms with Crippen molar-refractivity contribution < 1.29 is 13.2 Å². The van der Waals surface area contributed by atoms with Crippen molar-refractivity contribution in [2.24, 2.45) is 5.73 Å². The van der Waals surface area contributed by atoms with E-state index < -0.39 is 12.7 Å². The van der Waals surface area contributed by atoms with E-state index in [9.17, 15) is 13.2 Å². The number of hydrogen-bond acceptors (Lipinski definition) is 2. The molecule has 1 unspecified atom stereocenters. The molecule has 0 aliphatic carbocycles. The van der Waals surface area contributed by atoms with Crippen LogP contribution in [0.4, 0.5) is 18.9 Å². The van der Waals surface area contributed by atoms with Gasteiger partial charge < -0.3 is 10.6 Å². The van der Waals surface area contributed by atoms with E-state index in [-0.39, 0.29) is 12.6 Å². The van der Waals surface area contributed by atoms with E-state index in [4.69, 9.17) is 17.3 Å². The molecule has 0 radical (unpaired) electrons. The molecule has 1 rings (SSSR count). The number of halogens is 4. The number of nitrogens with two attached hydrogens (primary N) is 1. The van der Waals surface area contributed by atoms with Gasteiger partial charge >= 0.3 is 6.18 Å². The van der Waals surface area contributed by atoms with Crippen LogP contribution in [0.3, 0.4) is 0 Å². The molecule has 2 nitrogen and oxygen atoms in total. The second-order valence-corrected chi connectivity index (χ2v) is 5.19. The van der Waals surface area contributed by atoms with Crippen molar-refractivity contribution in [2.75, 3.05) is 18.0 Å². The zero-order valence-electron chi connectivity index (χ0n) is 11.7. The molecule has 20 heavy (non-hydrogen) atoms. The van der Waals surface area contributed by atoms with E-state index in [2.05, 4.69) is 0 Å². The fourth-order valence-corrected chi connectivity index (χ4v) is 2.29. The molecule has 0 aromatic heterocycles. The van der Waals surface area contributed by atoms with Gasteiger partial charge in [-0.3, -0.25) is 0 Å². The molecule has 0 spiro atoms. The van der Waals surface area contributed by atoms with Crippen LogP contribution in [0, 0.1) is 0 Å². The SMILES string of the molecule is CCC(N)Cc1ccc(N(CC)CC(F)(F)F)c(Cl)c1. The van der Waals surface area contributed by atoms with Gasteiger partial charge in [-0.2, -0.15) is 13.2 Å². The molecule has 1 atom stereocenters. The summed E-state index contributed by atoms with van der Waals surface area (Å²) in [5.74, 6) is 0. The fraction of sp³-hybridized carbons (Fsp3) is 0.571. The molecule has 1 aromatic rings. The molecule has 0 bridgehead atoms. The first-order chi connectivity index (χ1) is 9.26. The van der Waals surface area contributed by atoms with Crippen molar-refractivity contribution in [1.29, 1.82) is 0 Å². The monoisotopic (exact) mass is 308 g/mol. The Labute approximate surface area is 122 Å². The largest absolute Gasteiger partial charge is 0.405 e. The highest BCUT2D eigenvalue weighted by Crippen LogP contribution is 2.30. The summed E-state index contributed by atoms with van der Waals surface area (Å²) in [4.78, 5) is 1.21. The molecule has 0 aliphatic heterocycles. The molecule has 0 amide bonds. The van der Waals surface area contributed by atoms with Crippen LogP contribution in [0.25, 0.3) is 0 Å². The number of nitrogens with zero attached hydrogens (tertiary/aromatic N) is 1. The normalized spacial score (nSPS) is 13.3. The van der Waals surface area contributed by atoms with Gasteiger partial charge in [-0.1, -0.05) is 24.6 Å². The van der Waals surface area contributed by atoms with E-state index in [1.165, 1.54) is 4.90 Å². The maximum Gasteiger partial charge on any atom is 0.405 e. The first-order valence-corrected chi connectivity index (χ1v) is 7.00. The number of alkyl halides is 3. The first-order valence-electron chi connectivity index (χ1n) is 6.62. The van der Waals surface area contributed by atoms with Gasteiger partial charge in [0.15, 0.2) is 0 Å². The first kappa shape index (κ1) is 17.1. The third-order valence-electron chi connectivity index (χ3n) is 3.13. The minimum Gasteiger partial charge on any atom is -0.362 e. The molecule has 0 aliphatic rings. The van der Waals surface area contributed by atoms with Crippen molar-refractivity contribution in [3.05, 3.63) is 28.8 Å². The van der Waals surface area contributed by atoms with E-state index in [0.29, 0.717) is 17.1 Å². The van der Waals surface area contributed by atoms with Gasteiger partial charge in [0.05, 0.1) is 10.7 Å². The summed E-state index contributed by atoms with van der Waals surface area (Å²) in [7, 11) is 0. The van der Waals surface area contributed by atoms with Crippen LogP contribution in [0.2, 0.25) is 5.02 Å². The maximum atomic E-state index is 12.5. The lowest BCUT2D eigenvalue weighted by atomic mass is 10.0. The summed E-state index contributed by atoms with van der Waals surface area (Å²) in [6.07, 6.45) is -2.74. The van der Waals surface area contributed by atoms with Gasteiger partial charge in [0.25, 0.3) is 0 Å². The Hall–Kier alpha value is -0.940. The number of benzene rings is 1. The van der Waals surface area contributed by atoms with Crippen molar-refractivity contribution in [2.45, 2.75) is 38.9 Å². The predicted octanol–water partition coefficient (Wildman–Crippen LogP) is 4.01. The lowest BCUT2D eigenvalue weighted by Crippen LogP contribution is -2.34. The van der Waals surface area contributed by atoms with Crippen molar-refractivity contribution >= 4 is 17.3 Å². The number of hydrogen-bond donors (Lipinski definition) is 1.